The molecule has 45 heavy (non-hydrogen) atoms. The third kappa shape index (κ3) is 7.04. The molecule has 4 rings (SSSR count). The largest absolute Gasteiger partial charge is 0.503 e. The molecular weight excluding hydrogens is 632 g/mol. The Hall–Kier alpha value is -4.62. The first-order valence-electron chi connectivity index (χ1n) is 12.6. The van der Waals surface area contributed by atoms with Crippen LogP contribution in [-0.4, -0.2) is 78.1 Å². The third-order valence-corrected chi connectivity index (χ3v) is 6.35. The lowest BCUT2D eigenvalue weighted by atomic mass is 9.79. The summed E-state index contributed by atoms with van der Waals surface area (Å²) in [5.74, 6) is -12.4. The van der Waals surface area contributed by atoms with Crippen LogP contribution in [0.3, 0.4) is 0 Å². The average molecular weight is 654 g/mol. The molecule has 0 amide bonds. The molecule has 3 N–H and O–H groups in total. The number of ether oxygens (including phenoxy) is 3. The number of alkyl halides is 7. The highest BCUT2D eigenvalue weighted by atomic mass is 19.4. The Bertz CT molecular complexity index is 1610. The SMILES string of the molecule is CC1(C)C[C@H](Oc2ccc(-c3nc(OC(=O)C(F)(F)F)c(-c4cn[nH]c4F)c(OC(=O)C(F)(F)F)c3O)nn2)[C@H](F)C(C)(C)N1. The zero-order valence-electron chi connectivity index (χ0n) is 23.4. The number of aromatic nitrogens is 5. The average Bonchev–Trinajstić information content (AvgIpc) is 3.32. The van der Waals surface area contributed by atoms with Crippen LogP contribution in [0.1, 0.15) is 34.1 Å². The number of pyridine rings is 1. The Balaban J connectivity index is 1.83. The van der Waals surface area contributed by atoms with Gasteiger partial charge >= 0.3 is 24.3 Å². The van der Waals surface area contributed by atoms with Gasteiger partial charge in [-0.25, -0.2) is 19.0 Å². The van der Waals surface area contributed by atoms with Gasteiger partial charge in [-0.2, -0.15) is 35.8 Å². The fourth-order valence-corrected chi connectivity index (χ4v) is 4.69. The third-order valence-electron chi connectivity index (χ3n) is 6.35. The standard InChI is InChI=1S/C25H22F8N6O6/c1-22(2)7-11(17(26)23(3,4)39-22)43-12-6-5-10(36-37-12)14-15(40)16(44-20(41)24(28,29)30)13(9-8-34-38-18(9)27)19(35-14)45-21(42)25(31,32)33/h5-6,8,11,17,39-40H,7H2,1-4H3,(H,34,38)/t11-,17-/m0/s1. The summed E-state index contributed by atoms with van der Waals surface area (Å²) in [6, 6.07) is 2.02. The number of nitrogens with zero attached hydrogens (tertiary/aromatic N) is 4. The number of carbonyl (C=O) groups is 2. The highest BCUT2D eigenvalue weighted by Crippen LogP contribution is 2.48. The number of aromatic amines is 1. The van der Waals surface area contributed by atoms with E-state index < -0.39 is 93.5 Å². The van der Waals surface area contributed by atoms with Gasteiger partial charge in [-0.3, -0.25) is 5.10 Å². The van der Waals surface area contributed by atoms with Gasteiger partial charge in [0.05, 0.1) is 17.3 Å². The van der Waals surface area contributed by atoms with Crippen molar-refractivity contribution in [3.05, 3.63) is 24.3 Å². The molecular formula is C25H22F8N6O6. The lowest BCUT2D eigenvalue weighted by molar-refractivity contribution is -0.190. The topological polar surface area (TPSA) is 161 Å². The molecule has 0 spiro atoms. The molecule has 3 aromatic heterocycles. The van der Waals surface area contributed by atoms with Gasteiger partial charge in [0.2, 0.25) is 17.7 Å². The fraction of sp³-hybridized carbons (Fsp3) is 0.440. The first-order chi connectivity index (χ1) is 20.6. The maximum absolute atomic E-state index is 15.1. The van der Waals surface area contributed by atoms with Crippen molar-refractivity contribution < 1.29 is 64.0 Å². The summed E-state index contributed by atoms with van der Waals surface area (Å²) in [7, 11) is 0. The maximum Gasteiger partial charge on any atom is 0.491 e. The van der Waals surface area contributed by atoms with Gasteiger partial charge < -0.3 is 24.6 Å². The molecule has 0 unspecified atom stereocenters. The molecule has 20 heteroatoms. The lowest BCUT2D eigenvalue weighted by Gasteiger charge is -2.48. The first kappa shape index (κ1) is 33.3. The highest BCUT2D eigenvalue weighted by molar-refractivity contribution is 5.89. The molecule has 0 aromatic carbocycles. The van der Waals surface area contributed by atoms with Crippen LogP contribution < -0.4 is 19.5 Å². The van der Waals surface area contributed by atoms with Gasteiger partial charge in [-0.05, 0) is 33.8 Å². The number of hydrogen-bond acceptors (Lipinski definition) is 11. The quantitative estimate of drug-likeness (QED) is 0.256. The summed E-state index contributed by atoms with van der Waals surface area (Å²) in [6.07, 6.45) is -13.3. The molecule has 0 radical (unpaired) electrons. The summed E-state index contributed by atoms with van der Waals surface area (Å²) < 4.78 is 122. The maximum atomic E-state index is 15.1. The van der Waals surface area contributed by atoms with Crippen molar-refractivity contribution in [2.75, 3.05) is 0 Å². The van der Waals surface area contributed by atoms with Crippen molar-refractivity contribution >= 4 is 11.9 Å². The summed E-state index contributed by atoms with van der Waals surface area (Å²) in [6.45, 7) is 6.85. The number of aromatic hydroxyl groups is 1. The predicted octanol–water partition coefficient (Wildman–Crippen LogP) is 4.34. The van der Waals surface area contributed by atoms with E-state index in [1.807, 2.05) is 13.8 Å². The highest BCUT2D eigenvalue weighted by Gasteiger charge is 2.48. The van der Waals surface area contributed by atoms with Crippen LogP contribution in [0.15, 0.2) is 18.3 Å². The van der Waals surface area contributed by atoms with E-state index >= 15 is 4.39 Å². The van der Waals surface area contributed by atoms with Crippen LogP contribution in [0, 0.1) is 5.95 Å². The molecule has 3 aromatic rings. The number of H-pyrrole nitrogens is 1. The van der Waals surface area contributed by atoms with Crippen LogP contribution in [0.4, 0.5) is 35.1 Å². The van der Waals surface area contributed by atoms with Gasteiger partial charge in [-0.15, -0.1) is 10.2 Å². The van der Waals surface area contributed by atoms with E-state index in [0.29, 0.717) is 6.20 Å². The molecule has 12 nitrogen and oxygen atoms in total. The van der Waals surface area contributed by atoms with Crippen LogP contribution in [0.5, 0.6) is 23.3 Å². The second-order valence-electron chi connectivity index (χ2n) is 10.9. The Morgan fingerprint density at radius 2 is 1.62 bits per heavy atom. The minimum Gasteiger partial charge on any atom is -0.503 e. The Kier molecular flexibility index (Phi) is 8.42. The zero-order valence-corrected chi connectivity index (χ0v) is 23.4. The predicted molar refractivity (Wildman–Crippen MR) is 133 cm³/mol. The summed E-state index contributed by atoms with van der Waals surface area (Å²) in [5.41, 5.74) is -5.54. The second kappa shape index (κ2) is 11.4. The number of nitrogens with one attached hydrogen (secondary N) is 2. The molecule has 2 atom stereocenters. The van der Waals surface area contributed by atoms with Crippen molar-refractivity contribution in [1.82, 2.24) is 30.7 Å². The molecule has 4 heterocycles. The van der Waals surface area contributed by atoms with Gasteiger partial charge in [-0.1, -0.05) is 0 Å². The van der Waals surface area contributed by atoms with E-state index in [1.54, 1.807) is 18.9 Å². The smallest absolute Gasteiger partial charge is 0.491 e. The minimum atomic E-state index is -5.73. The number of halogens is 8. The van der Waals surface area contributed by atoms with Crippen LogP contribution in [-0.2, 0) is 9.59 Å². The Labute approximate surface area is 247 Å². The van der Waals surface area contributed by atoms with Gasteiger partial charge in [0.15, 0.2) is 17.7 Å². The second-order valence-corrected chi connectivity index (χ2v) is 10.9. The van der Waals surface area contributed by atoms with Crippen LogP contribution >= 0.6 is 0 Å². The molecule has 0 aliphatic carbocycles. The van der Waals surface area contributed by atoms with Gasteiger partial charge in [0, 0.05) is 23.6 Å². The normalized spacial score (nSPS) is 19.6. The molecule has 0 saturated carbocycles. The van der Waals surface area contributed by atoms with E-state index in [2.05, 4.69) is 35.1 Å². The van der Waals surface area contributed by atoms with E-state index in [1.165, 1.54) is 0 Å². The zero-order chi connectivity index (χ0) is 33.7. The number of piperidine rings is 1. The first-order valence-corrected chi connectivity index (χ1v) is 12.6. The number of carbonyl (C=O) groups excluding carboxylic acids is 2. The van der Waals surface area contributed by atoms with Gasteiger partial charge in [0.1, 0.15) is 17.5 Å². The summed E-state index contributed by atoms with van der Waals surface area (Å²) in [4.78, 5) is 26.9. The van der Waals surface area contributed by atoms with Crippen LogP contribution in [0.2, 0.25) is 0 Å². The molecule has 244 valence electrons. The van der Waals surface area contributed by atoms with E-state index in [0.717, 1.165) is 12.1 Å². The molecule has 1 fully saturated rings. The molecule has 0 bridgehead atoms. The van der Waals surface area contributed by atoms with E-state index in [9.17, 15) is 45.4 Å². The molecule has 1 saturated heterocycles. The van der Waals surface area contributed by atoms with Crippen LogP contribution in [0.25, 0.3) is 22.5 Å². The molecule has 1 aliphatic heterocycles. The van der Waals surface area contributed by atoms with Crippen molar-refractivity contribution in [1.29, 1.82) is 0 Å². The van der Waals surface area contributed by atoms with Gasteiger partial charge in [0.25, 0.3) is 0 Å². The number of rotatable bonds is 6. The van der Waals surface area contributed by atoms with Crippen molar-refractivity contribution in [3.63, 3.8) is 0 Å². The fourth-order valence-electron chi connectivity index (χ4n) is 4.69. The van der Waals surface area contributed by atoms with Crippen molar-refractivity contribution in [3.8, 4) is 45.8 Å². The lowest BCUT2D eigenvalue weighted by Crippen LogP contribution is -2.66. The minimum absolute atomic E-state index is 0.178. The molecule has 1 aliphatic rings. The summed E-state index contributed by atoms with van der Waals surface area (Å²) >= 11 is 0. The van der Waals surface area contributed by atoms with Crippen molar-refractivity contribution in [2.45, 2.75) is 69.8 Å². The Morgan fingerprint density at radius 1 is 1.00 bits per heavy atom. The number of hydrogen-bond donors (Lipinski definition) is 3. The monoisotopic (exact) mass is 654 g/mol. The van der Waals surface area contributed by atoms with E-state index in [4.69, 9.17) is 4.74 Å². The van der Waals surface area contributed by atoms with Crippen molar-refractivity contribution in [2.24, 2.45) is 0 Å². The van der Waals surface area contributed by atoms with E-state index in [-0.39, 0.29) is 12.3 Å². The number of esters is 2. The Morgan fingerprint density at radius 3 is 2.16 bits per heavy atom. The summed E-state index contributed by atoms with van der Waals surface area (Å²) in [5, 5.41) is 26.3.